The van der Waals surface area contributed by atoms with Gasteiger partial charge in [0, 0.05) is 11.8 Å². The van der Waals surface area contributed by atoms with Crippen LogP contribution in [0.2, 0.25) is 10.0 Å². The number of rotatable bonds is 5. The minimum atomic E-state index is -0.648. The second kappa shape index (κ2) is 7.64. The molecule has 1 amide bonds. The summed E-state index contributed by atoms with van der Waals surface area (Å²) in [6, 6.07) is 10.2. The van der Waals surface area contributed by atoms with Crippen LogP contribution in [0.15, 0.2) is 36.4 Å². The first-order chi connectivity index (χ1) is 11.4. The molecule has 2 rings (SSSR count). The number of nitrogens with one attached hydrogen (secondary N) is 1. The maximum atomic E-state index is 11.9. The first-order valence-electron chi connectivity index (χ1n) is 6.47. The Bertz CT molecular complexity index is 849. The number of benzene rings is 2. The van der Waals surface area contributed by atoms with Gasteiger partial charge in [-0.1, -0.05) is 23.2 Å². The number of carbonyl (C=O) groups excluding carboxylic acids is 1. The molecule has 0 fully saturated rings. The van der Waals surface area contributed by atoms with Crippen LogP contribution < -0.4 is 10.1 Å². The zero-order valence-corrected chi connectivity index (χ0v) is 13.5. The van der Waals surface area contributed by atoms with E-state index in [1.165, 1.54) is 30.3 Å². The molecule has 9 heteroatoms. The van der Waals surface area contributed by atoms with Gasteiger partial charge in [-0.2, -0.15) is 5.26 Å². The summed E-state index contributed by atoms with van der Waals surface area (Å²) >= 11 is 11.6. The number of hydrogen-bond acceptors (Lipinski definition) is 5. The predicted octanol–water partition coefficient (Wildman–Crippen LogP) is 3.79. The number of halogens is 2. The molecule has 0 atom stereocenters. The van der Waals surface area contributed by atoms with Crippen LogP contribution in [0.25, 0.3) is 0 Å². The molecule has 0 saturated heterocycles. The van der Waals surface area contributed by atoms with Crippen LogP contribution >= 0.6 is 23.2 Å². The van der Waals surface area contributed by atoms with Crippen molar-refractivity contribution < 1.29 is 14.5 Å². The lowest BCUT2D eigenvalue weighted by atomic mass is 10.2. The second-order valence-electron chi connectivity index (χ2n) is 4.52. The van der Waals surface area contributed by atoms with Crippen LogP contribution in [0.3, 0.4) is 0 Å². The third kappa shape index (κ3) is 4.35. The summed E-state index contributed by atoms with van der Waals surface area (Å²) in [5, 5.41) is 22.2. The Balaban J connectivity index is 2.00. The van der Waals surface area contributed by atoms with E-state index in [0.29, 0.717) is 5.56 Å². The third-order valence-corrected chi connectivity index (χ3v) is 3.46. The summed E-state index contributed by atoms with van der Waals surface area (Å²) in [6.45, 7) is -0.359. The van der Waals surface area contributed by atoms with E-state index in [2.05, 4.69) is 5.32 Å². The molecular weight excluding hydrogens is 357 g/mol. The second-order valence-corrected chi connectivity index (χ2v) is 5.33. The Morgan fingerprint density at radius 2 is 2.00 bits per heavy atom. The Hall–Kier alpha value is -2.82. The Kier molecular flexibility index (Phi) is 5.58. The van der Waals surface area contributed by atoms with Crippen molar-refractivity contribution in [3.05, 3.63) is 62.1 Å². The molecular formula is C15H9Cl2N3O4. The highest BCUT2D eigenvalue weighted by atomic mass is 35.5. The fourth-order valence-electron chi connectivity index (χ4n) is 1.76. The normalized spacial score (nSPS) is 9.88. The highest BCUT2D eigenvalue weighted by molar-refractivity contribution is 6.32. The van der Waals surface area contributed by atoms with Crippen molar-refractivity contribution in [2.45, 2.75) is 0 Å². The molecule has 0 saturated carbocycles. The van der Waals surface area contributed by atoms with E-state index in [0.717, 1.165) is 6.07 Å². The summed E-state index contributed by atoms with van der Waals surface area (Å²) in [6.07, 6.45) is 0. The van der Waals surface area contributed by atoms with E-state index in [4.69, 9.17) is 33.2 Å². The van der Waals surface area contributed by atoms with Gasteiger partial charge in [-0.25, -0.2) is 0 Å². The minimum Gasteiger partial charge on any atom is -0.482 e. The highest BCUT2D eigenvalue weighted by Crippen LogP contribution is 2.28. The first kappa shape index (κ1) is 17.5. The highest BCUT2D eigenvalue weighted by Gasteiger charge is 2.14. The van der Waals surface area contributed by atoms with Crippen molar-refractivity contribution in [1.29, 1.82) is 5.26 Å². The molecule has 0 aliphatic heterocycles. The van der Waals surface area contributed by atoms with Crippen molar-refractivity contribution >= 4 is 40.5 Å². The minimum absolute atomic E-state index is 0.0291. The first-order valence-corrected chi connectivity index (χ1v) is 7.22. The summed E-state index contributed by atoms with van der Waals surface area (Å²) < 4.78 is 5.26. The monoisotopic (exact) mass is 365 g/mol. The topological polar surface area (TPSA) is 105 Å². The molecule has 7 nitrogen and oxygen atoms in total. The van der Waals surface area contributed by atoms with Gasteiger partial charge in [-0.15, -0.1) is 0 Å². The van der Waals surface area contributed by atoms with E-state index in [1.54, 1.807) is 0 Å². The summed E-state index contributed by atoms with van der Waals surface area (Å²) in [7, 11) is 0. The number of nitrogens with zero attached hydrogens (tertiary/aromatic N) is 2. The van der Waals surface area contributed by atoms with Gasteiger partial charge in [0.25, 0.3) is 11.6 Å². The van der Waals surface area contributed by atoms with Gasteiger partial charge in [-0.05, 0) is 30.3 Å². The van der Waals surface area contributed by atoms with Crippen LogP contribution in [-0.2, 0) is 4.79 Å². The largest absolute Gasteiger partial charge is 0.482 e. The smallest absolute Gasteiger partial charge is 0.289 e. The van der Waals surface area contributed by atoms with E-state index in [1.807, 2.05) is 6.07 Å². The zero-order chi connectivity index (χ0) is 17.7. The SMILES string of the molecule is N#Cc1ccc(OCC(=O)Nc2ccc(Cl)c([N+](=O)[O-])c2)c(Cl)c1. The molecule has 0 aliphatic rings. The van der Waals surface area contributed by atoms with E-state index >= 15 is 0 Å². The van der Waals surface area contributed by atoms with Crippen LogP contribution in [0.1, 0.15) is 5.56 Å². The fourth-order valence-corrected chi connectivity index (χ4v) is 2.18. The molecule has 0 aromatic heterocycles. The van der Waals surface area contributed by atoms with Crippen molar-refractivity contribution in [3.8, 4) is 11.8 Å². The lowest BCUT2D eigenvalue weighted by Gasteiger charge is -2.09. The molecule has 0 radical (unpaired) electrons. The average Bonchev–Trinajstić information content (AvgIpc) is 2.55. The van der Waals surface area contributed by atoms with E-state index in [9.17, 15) is 14.9 Å². The van der Waals surface area contributed by atoms with Gasteiger partial charge in [0.05, 0.1) is 21.6 Å². The number of anilines is 1. The Morgan fingerprint density at radius 3 is 2.62 bits per heavy atom. The zero-order valence-electron chi connectivity index (χ0n) is 12.0. The number of amides is 1. The molecule has 2 aromatic rings. The van der Waals surface area contributed by atoms with Crippen molar-refractivity contribution in [3.63, 3.8) is 0 Å². The van der Waals surface area contributed by atoms with Crippen LogP contribution in [-0.4, -0.2) is 17.4 Å². The summed E-state index contributed by atoms with van der Waals surface area (Å²) in [5.74, 6) is -0.292. The standard InChI is InChI=1S/C15H9Cl2N3O4/c16-11-3-2-10(6-13(11)20(22)23)19-15(21)8-24-14-4-1-9(7-18)5-12(14)17/h1-6H,8H2,(H,19,21). The van der Waals surface area contributed by atoms with Crippen molar-refractivity contribution in [2.75, 3.05) is 11.9 Å². The van der Waals surface area contributed by atoms with Crippen molar-refractivity contribution in [1.82, 2.24) is 0 Å². The maximum absolute atomic E-state index is 11.9. The molecule has 24 heavy (non-hydrogen) atoms. The molecule has 0 unspecified atom stereocenters. The Labute approximate surface area is 146 Å². The molecule has 0 heterocycles. The van der Waals surface area contributed by atoms with Crippen LogP contribution in [0.5, 0.6) is 5.75 Å². The lowest BCUT2D eigenvalue weighted by Crippen LogP contribution is -2.20. The number of carbonyl (C=O) groups is 1. The predicted molar refractivity (Wildman–Crippen MR) is 88.4 cm³/mol. The van der Waals surface area contributed by atoms with Gasteiger partial charge >= 0.3 is 0 Å². The number of nitro groups is 1. The summed E-state index contributed by atoms with van der Waals surface area (Å²) in [5.41, 5.74) is 0.265. The number of nitriles is 1. The molecule has 0 spiro atoms. The van der Waals surface area contributed by atoms with Crippen LogP contribution in [0.4, 0.5) is 11.4 Å². The van der Waals surface area contributed by atoms with Gasteiger partial charge in [0.15, 0.2) is 6.61 Å². The van der Waals surface area contributed by atoms with Crippen LogP contribution in [0, 0.1) is 21.4 Å². The molecule has 122 valence electrons. The van der Waals surface area contributed by atoms with Gasteiger partial charge < -0.3 is 10.1 Å². The van der Waals surface area contributed by atoms with E-state index in [-0.39, 0.29) is 33.8 Å². The summed E-state index contributed by atoms with van der Waals surface area (Å²) in [4.78, 5) is 22.0. The third-order valence-electron chi connectivity index (χ3n) is 2.85. The molecule has 2 aromatic carbocycles. The molecule has 0 aliphatic carbocycles. The van der Waals surface area contributed by atoms with Gasteiger partial charge in [-0.3, -0.25) is 14.9 Å². The molecule has 0 bridgehead atoms. The number of hydrogen-bond donors (Lipinski definition) is 1. The molecule has 1 N–H and O–H groups in total. The quantitative estimate of drug-likeness (QED) is 0.640. The Morgan fingerprint density at radius 1 is 1.25 bits per heavy atom. The van der Waals surface area contributed by atoms with Gasteiger partial charge in [0.1, 0.15) is 10.8 Å². The fraction of sp³-hybridized carbons (Fsp3) is 0.0667. The maximum Gasteiger partial charge on any atom is 0.289 e. The number of nitro benzene ring substituents is 1. The average molecular weight is 366 g/mol. The van der Waals surface area contributed by atoms with E-state index < -0.39 is 10.8 Å². The number of ether oxygens (including phenoxy) is 1. The van der Waals surface area contributed by atoms with Gasteiger partial charge in [0.2, 0.25) is 0 Å². The van der Waals surface area contributed by atoms with Crippen molar-refractivity contribution in [2.24, 2.45) is 0 Å². The lowest BCUT2D eigenvalue weighted by molar-refractivity contribution is -0.384.